The molecule has 0 amide bonds. The lowest BCUT2D eigenvalue weighted by Crippen LogP contribution is -2.37. The van der Waals surface area contributed by atoms with Gasteiger partial charge in [0.25, 0.3) is 0 Å². The Morgan fingerprint density at radius 3 is 2.65 bits per heavy atom. The van der Waals surface area contributed by atoms with Gasteiger partial charge in [0.05, 0.1) is 19.1 Å². The standard InChI is InChI=1S/C22H23NO3/c1-26-17-8-3-2-5-14(17)21-19-13-10-9-12(11-13)18(19)15-6-4-7-16(22(24)25)20(15)23-21/h2-8,12-13,18-19,21,23H,9-11H2,1H3,(H,24,25)/p-1/t12-,13+,18+,19-,21+/m0/s1. The number of hydrogen-bond acceptors (Lipinski definition) is 4. The van der Waals surface area contributed by atoms with Crippen molar-refractivity contribution in [2.24, 2.45) is 17.8 Å². The van der Waals surface area contributed by atoms with Gasteiger partial charge in [-0.25, -0.2) is 0 Å². The molecule has 5 rings (SSSR count). The van der Waals surface area contributed by atoms with Crippen molar-refractivity contribution in [1.29, 1.82) is 0 Å². The second-order valence-electron chi connectivity index (χ2n) is 7.86. The SMILES string of the molecule is COc1ccccc1[C@H]1Nc2c(C(=O)[O-])cccc2[C@H]2[C@H]3CC[C@H](C3)[C@@H]21. The molecule has 2 fully saturated rings. The molecule has 5 atom stereocenters. The minimum atomic E-state index is -1.12. The molecule has 0 radical (unpaired) electrons. The molecular weight excluding hydrogens is 326 g/mol. The zero-order valence-corrected chi connectivity index (χ0v) is 14.8. The van der Waals surface area contributed by atoms with E-state index in [1.165, 1.54) is 19.3 Å². The van der Waals surface area contributed by atoms with Crippen LogP contribution in [0.4, 0.5) is 5.69 Å². The molecule has 0 spiro atoms. The molecule has 0 unspecified atom stereocenters. The van der Waals surface area contributed by atoms with Crippen molar-refractivity contribution in [2.75, 3.05) is 12.4 Å². The lowest BCUT2D eigenvalue weighted by molar-refractivity contribution is -0.254. The first-order chi connectivity index (χ1) is 12.7. The van der Waals surface area contributed by atoms with Gasteiger partial charge in [-0.05, 0) is 54.6 Å². The van der Waals surface area contributed by atoms with Crippen molar-refractivity contribution >= 4 is 11.7 Å². The number of rotatable bonds is 3. The molecule has 4 heteroatoms. The molecule has 2 saturated carbocycles. The van der Waals surface area contributed by atoms with Crippen LogP contribution in [0.15, 0.2) is 42.5 Å². The molecule has 134 valence electrons. The van der Waals surface area contributed by atoms with E-state index >= 15 is 0 Å². The van der Waals surface area contributed by atoms with Crippen LogP contribution in [0.25, 0.3) is 0 Å². The third-order valence-corrected chi connectivity index (χ3v) is 6.82. The number of methoxy groups -OCH3 is 1. The fraction of sp³-hybridized carbons (Fsp3) is 0.409. The second kappa shape index (κ2) is 5.76. The van der Waals surface area contributed by atoms with Crippen LogP contribution in [0.3, 0.4) is 0 Å². The molecule has 1 aliphatic heterocycles. The van der Waals surface area contributed by atoms with E-state index in [1.54, 1.807) is 13.2 Å². The minimum Gasteiger partial charge on any atom is -0.545 e. The van der Waals surface area contributed by atoms with Crippen LogP contribution < -0.4 is 15.2 Å². The maximum atomic E-state index is 11.7. The fourth-order valence-electron chi connectivity index (χ4n) is 5.92. The van der Waals surface area contributed by atoms with Crippen molar-refractivity contribution in [1.82, 2.24) is 0 Å². The summed E-state index contributed by atoms with van der Waals surface area (Å²) in [6.45, 7) is 0. The first-order valence-electron chi connectivity index (χ1n) is 9.42. The van der Waals surface area contributed by atoms with Crippen LogP contribution in [0, 0.1) is 17.8 Å². The summed E-state index contributed by atoms with van der Waals surface area (Å²) in [6, 6.07) is 13.8. The Morgan fingerprint density at radius 1 is 1.08 bits per heavy atom. The smallest absolute Gasteiger partial charge is 0.124 e. The van der Waals surface area contributed by atoms with Crippen LogP contribution in [-0.2, 0) is 0 Å². The van der Waals surface area contributed by atoms with Crippen molar-refractivity contribution in [2.45, 2.75) is 31.2 Å². The number of benzene rings is 2. The van der Waals surface area contributed by atoms with Crippen LogP contribution in [-0.4, -0.2) is 13.1 Å². The van der Waals surface area contributed by atoms with E-state index in [0.717, 1.165) is 22.6 Å². The molecule has 1 N–H and O–H groups in total. The van der Waals surface area contributed by atoms with Crippen molar-refractivity contribution in [3.8, 4) is 5.75 Å². The van der Waals surface area contributed by atoms with Crippen molar-refractivity contribution < 1.29 is 14.6 Å². The third-order valence-electron chi connectivity index (χ3n) is 6.82. The maximum absolute atomic E-state index is 11.7. The highest BCUT2D eigenvalue weighted by Crippen LogP contribution is 2.64. The minimum absolute atomic E-state index is 0.0689. The van der Waals surface area contributed by atoms with Gasteiger partial charge in [0.15, 0.2) is 0 Å². The van der Waals surface area contributed by atoms with E-state index in [-0.39, 0.29) is 11.6 Å². The highest BCUT2D eigenvalue weighted by atomic mass is 16.5. The largest absolute Gasteiger partial charge is 0.545 e. The molecule has 2 bridgehead atoms. The molecule has 3 aliphatic rings. The summed E-state index contributed by atoms with van der Waals surface area (Å²) in [5, 5.41) is 15.3. The van der Waals surface area contributed by atoms with Crippen LogP contribution in [0.2, 0.25) is 0 Å². The van der Waals surface area contributed by atoms with E-state index in [2.05, 4.69) is 17.4 Å². The van der Waals surface area contributed by atoms with Gasteiger partial charge in [-0.15, -0.1) is 0 Å². The number of anilines is 1. The Balaban J connectivity index is 1.69. The Bertz CT molecular complexity index is 877. The number of para-hydroxylation sites is 2. The van der Waals surface area contributed by atoms with Gasteiger partial charge in [0, 0.05) is 16.8 Å². The molecule has 2 aromatic rings. The van der Waals surface area contributed by atoms with Gasteiger partial charge in [0.1, 0.15) is 5.75 Å². The van der Waals surface area contributed by atoms with Crippen molar-refractivity contribution in [3.05, 3.63) is 59.2 Å². The molecule has 4 nitrogen and oxygen atoms in total. The van der Waals surface area contributed by atoms with E-state index in [1.807, 2.05) is 24.3 Å². The summed E-state index contributed by atoms with van der Waals surface area (Å²) in [6.07, 6.45) is 3.77. The second-order valence-corrected chi connectivity index (χ2v) is 7.86. The lowest BCUT2D eigenvalue weighted by Gasteiger charge is -2.44. The number of carboxylic acid groups (broad SMARTS) is 1. The summed E-state index contributed by atoms with van der Waals surface area (Å²) < 4.78 is 5.62. The number of fused-ring (bicyclic) bond motifs is 7. The molecular formula is C22H22NO3-. The van der Waals surface area contributed by atoms with Crippen molar-refractivity contribution in [3.63, 3.8) is 0 Å². The lowest BCUT2D eigenvalue weighted by atomic mass is 9.67. The maximum Gasteiger partial charge on any atom is 0.124 e. The van der Waals surface area contributed by atoms with Crippen LogP contribution in [0.5, 0.6) is 5.75 Å². The summed E-state index contributed by atoms with van der Waals surface area (Å²) in [7, 11) is 1.69. The summed E-state index contributed by atoms with van der Waals surface area (Å²) in [5.41, 5.74) is 3.30. The first-order valence-corrected chi connectivity index (χ1v) is 9.42. The van der Waals surface area contributed by atoms with Gasteiger partial charge >= 0.3 is 0 Å². The van der Waals surface area contributed by atoms with Crippen LogP contribution >= 0.6 is 0 Å². The van der Waals surface area contributed by atoms with E-state index < -0.39 is 5.97 Å². The van der Waals surface area contributed by atoms with E-state index in [0.29, 0.717) is 23.7 Å². The molecule has 1 heterocycles. The monoisotopic (exact) mass is 348 g/mol. The zero-order valence-electron chi connectivity index (χ0n) is 14.8. The number of hydrogen-bond donors (Lipinski definition) is 1. The summed E-state index contributed by atoms with van der Waals surface area (Å²) in [5.74, 6) is 1.98. The number of carbonyl (C=O) groups excluding carboxylic acids is 1. The average Bonchev–Trinajstić information content (AvgIpc) is 3.29. The third kappa shape index (κ3) is 2.11. The first kappa shape index (κ1) is 15.7. The highest BCUT2D eigenvalue weighted by molar-refractivity contribution is 5.94. The normalized spacial score (nSPS) is 31.0. The molecule has 2 aliphatic carbocycles. The predicted octanol–water partition coefficient (Wildman–Crippen LogP) is 3.36. The van der Waals surface area contributed by atoms with E-state index in [9.17, 15) is 9.90 Å². The predicted molar refractivity (Wildman–Crippen MR) is 97.2 cm³/mol. The molecule has 0 aromatic heterocycles. The van der Waals surface area contributed by atoms with E-state index in [4.69, 9.17) is 4.74 Å². The number of aromatic carboxylic acids is 1. The van der Waals surface area contributed by atoms with Gasteiger partial charge in [0.2, 0.25) is 0 Å². The Morgan fingerprint density at radius 2 is 1.85 bits per heavy atom. The zero-order chi connectivity index (χ0) is 17.8. The topological polar surface area (TPSA) is 61.4 Å². The van der Waals surface area contributed by atoms with Gasteiger partial charge in [-0.3, -0.25) is 0 Å². The summed E-state index contributed by atoms with van der Waals surface area (Å²) >= 11 is 0. The fourth-order valence-corrected chi connectivity index (χ4v) is 5.92. The quantitative estimate of drug-likeness (QED) is 0.924. The Kier molecular flexibility index (Phi) is 3.49. The van der Waals surface area contributed by atoms with Gasteiger partial charge < -0.3 is 20.0 Å². The number of ether oxygens (including phenoxy) is 1. The summed E-state index contributed by atoms with van der Waals surface area (Å²) in [4.78, 5) is 11.7. The Labute approximate surface area is 153 Å². The highest BCUT2D eigenvalue weighted by Gasteiger charge is 2.54. The van der Waals surface area contributed by atoms with Gasteiger partial charge in [-0.2, -0.15) is 0 Å². The molecule has 0 saturated heterocycles. The number of carbonyl (C=O) groups is 1. The Hall–Kier alpha value is -2.49. The molecule has 26 heavy (non-hydrogen) atoms. The molecule has 2 aromatic carbocycles. The number of carboxylic acids is 1. The van der Waals surface area contributed by atoms with Gasteiger partial charge in [-0.1, -0.05) is 36.4 Å². The van der Waals surface area contributed by atoms with Crippen LogP contribution in [0.1, 0.15) is 52.7 Å². The number of nitrogens with one attached hydrogen (secondary N) is 1. The average molecular weight is 348 g/mol.